The van der Waals surface area contributed by atoms with E-state index in [-0.39, 0.29) is 5.78 Å². The van der Waals surface area contributed by atoms with Crippen molar-refractivity contribution in [2.45, 2.75) is 13.8 Å². The Morgan fingerprint density at radius 2 is 2.25 bits per heavy atom. The van der Waals surface area contributed by atoms with E-state index in [2.05, 4.69) is 22.6 Å². The number of halogens is 1. The van der Waals surface area contributed by atoms with Crippen LogP contribution in [0.15, 0.2) is 23.1 Å². The van der Waals surface area contributed by atoms with Gasteiger partial charge in [0.2, 0.25) is 0 Å². The van der Waals surface area contributed by atoms with E-state index < -0.39 is 0 Å². The number of allylic oxidation sites excluding steroid dienone is 2. The third kappa shape index (κ3) is 2.71. The van der Waals surface area contributed by atoms with E-state index in [1.54, 1.807) is 17.4 Å². The summed E-state index contributed by atoms with van der Waals surface area (Å²) in [5, 5.41) is 1.89. The van der Waals surface area contributed by atoms with Crippen molar-refractivity contribution in [1.82, 2.24) is 0 Å². The minimum Gasteiger partial charge on any atom is -0.289 e. The average Bonchev–Trinajstić information content (AvgIpc) is 2.34. The van der Waals surface area contributed by atoms with Crippen LogP contribution in [-0.4, -0.2) is 5.78 Å². The molecule has 1 rings (SSSR count). The SMILES string of the molecule is CC(C)=CC(=O)c1csc(I)c1. The Balaban J connectivity index is 2.86. The van der Waals surface area contributed by atoms with Crippen molar-refractivity contribution in [2.24, 2.45) is 0 Å². The monoisotopic (exact) mass is 292 g/mol. The van der Waals surface area contributed by atoms with Gasteiger partial charge in [-0.3, -0.25) is 4.79 Å². The average molecular weight is 292 g/mol. The molecule has 0 amide bonds. The second-order valence-corrected chi connectivity index (χ2v) is 5.53. The summed E-state index contributed by atoms with van der Waals surface area (Å²) in [7, 11) is 0. The smallest absolute Gasteiger partial charge is 0.186 e. The Hall–Kier alpha value is -0.160. The number of carbonyl (C=O) groups is 1. The summed E-state index contributed by atoms with van der Waals surface area (Å²) in [4.78, 5) is 11.4. The van der Waals surface area contributed by atoms with Gasteiger partial charge < -0.3 is 0 Å². The van der Waals surface area contributed by atoms with Crippen molar-refractivity contribution in [3.8, 4) is 0 Å². The largest absolute Gasteiger partial charge is 0.289 e. The first-order valence-electron chi connectivity index (χ1n) is 3.53. The Kier molecular flexibility index (Phi) is 3.46. The molecule has 0 radical (unpaired) electrons. The molecule has 0 spiro atoms. The van der Waals surface area contributed by atoms with Gasteiger partial charge in [-0.15, -0.1) is 11.3 Å². The zero-order valence-corrected chi connectivity index (χ0v) is 9.90. The van der Waals surface area contributed by atoms with Crippen molar-refractivity contribution in [3.63, 3.8) is 0 Å². The summed E-state index contributed by atoms with van der Waals surface area (Å²) in [6.07, 6.45) is 1.66. The van der Waals surface area contributed by atoms with E-state index in [0.717, 1.165) is 14.0 Å². The maximum absolute atomic E-state index is 11.4. The number of thiophene rings is 1. The number of hydrogen-bond acceptors (Lipinski definition) is 2. The molecular formula is C9H9IOS. The highest BCUT2D eigenvalue weighted by atomic mass is 127. The maximum Gasteiger partial charge on any atom is 0.186 e. The minimum atomic E-state index is 0.106. The van der Waals surface area contributed by atoms with Crippen LogP contribution in [0.5, 0.6) is 0 Å². The fraction of sp³-hybridized carbons (Fsp3) is 0.222. The summed E-state index contributed by atoms with van der Waals surface area (Å²) in [6, 6.07) is 1.91. The first kappa shape index (κ1) is 9.92. The quantitative estimate of drug-likeness (QED) is 0.463. The second kappa shape index (κ2) is 4.18. The molecule has 1 nitrogen and oxygen atoms in total. The van der Waals surface area contributed by atoms with Crippen molar-refractivity contribution in [2.75, 3.05) is 0 Å². The van der Waals surface area contributed by atoms with Crippen LogP contribution in [0.1, 0.15) is 24.2 Å². The summed E-state index contributed by atoms with van der Waals surface area (Å²) in [5.41, 5.74) is 1.84. The molecule has 0 atom stereocenters. The molecule has 0 aliphatic carbocycles. The Morgan fingerprint density at radius 1 is 1.58 bits per heavy atom. The summed E-state index contributed by atoms with van der Waals surface area (Å²) in [6.45, 7) is 3.85. The van der Waals surface area contributed by atoms with Gasteiger partial charge in [0.05, 0.1) is 2.88 Å². The van der Waals surface area contributed by atoms with E-state index in [9.17, 15) is 4.79 Å². The van der Waals surface area contributed by atoms with Crippen molar-refractivity contribution < 1.29 is 4.79 Å². The van der Waals surface area contributed by atoms with Gasteiger partial charge in [0.25, 0.3) is 0 Å². The number of carbonyl (C=O) groups excluding carboxylic acids is 1. The van der Waals surface area contributed by atoms with E-state index in [0.29, 0.717) is 0 Å². The van der Waals surface area contributed by atoms with Gasteiger partial charge in [-0.05, 0) is 48.6 Å². The highest BCUT2D eigenvalue weighted by Crippen LogP contribution is 2.17. The Bertz CT molecular complexity index is 321. The molecule has 0 saturated carbocycles. The molecule has 1 aromatic rings. The minimum absolute atomic E-state index is 0.106. The molecule has 0 unspecified atom stereocenters. The lowest BCUT2D eigenvalue weighted by Gasteiger charge is -1.89. The van der Waals surface area contributed by atoms with Crippen LogP contribution >= 0.6 is 33.9 Å². The predicted molar refractivity (Wildman–Crippen MR) is 60.8 cm³/mol. The van der Waals surface area contributed by atoms with Crippen molar-refractivity contribution in [1.29, 1.82) is 0 Å². The zero-order chi connectivity index (χ0) is 9.14. The van der Waals surface area contributed by atoms with E-state index in [4.69, 9.17) is 0 Å². The molecule has 0 fully saturated rings. The van der Waals surface area contributed by atoms with Crippen LogP contribution in [0, 0.1) is 2.88 Å². The lowest BCUT2D eigenvalue weighted by Crippen LogP contribution is -1.91. The first-order valence-corrected chi connectivity index (χ1v) is 5.48. The second-order valence-electron chi connectivity index (χ2n) is 2.73. The fourth-order valence-corrected chi connectivity index (χ4v) is 2.12. The molecule has 0 bridgehead atoms. The molecular weight excluding hydrogens is 283 g/mol. The van der Waals surface area contributed by atoms with Crippen LogP contribution < -0.4 is 0 Å². The third-order valence-electron chi connectivity index (χ3n) is 1.27. The summed E-state index contributed by atoms with van der Waals surface area (Å²) < 4.78 is 1.15. The molecule has 0 aliphatic heterocycles. The maximum atomic E-state index is 11.4. The van der Waals surface area contributed by atoms with Crippen LogP contribution in [0.4, 0.5) is 0 Å². The molecule has 12 heavy (non-hydrogen) atoms. The molecule has 3 heteroatoms. The molecule has 0 aromatic carbocycles. The highest BCUT2D eigenvalue weighted by Gasteiger charge is 2.03. The summed E-state index contributed by atoms with van der Waals surface area (Å²) >= 11 is 3.81. The lowest BCUT2D eigenvalue weighted by molar-refractivity contribution is 0.104. The van der Waals surface area contributed by atoms with Gasteiger partial charge in [0.1, 0.15) is 0 Å². The Morgan fingerprint density at radius 3 is 2.67 bits per heavy atom. The molecule has 1 aromatic heterocycles. The third-order valence-corrected chi connectivity index (χ3v) is 3.06. The fourth-order valence-electron chi connectivity index (χ4n) is 0.785. The van der Waals surface area contributed by atoms with E-state index >= 15 is 0 Å². The van der Waals surface area contributed by atoms with Gasteiger partial charge in [-0.25, -0.2) is 0 Å². The van der Waals surface area contributed by atoms with Crippen LogP contribution in [-0.2, 0) is 0 Å². The normalized spacial score (nSPS) is 9.58. The first-order chi connectivity index (χ1) is 5.59. The van der Waals surface area contributed by atoms with Gasteiger partial charge in [-0.2, -0.15) is 0 Å². The number of rotatable bonds is 2. The number of hydrogen-bond donors (Lipinski definition) is 0. The molecule has 0 N–H and O–H groups in total. The van der Waals surface area contributed by atoms with Crippen molar-refractivity contribution in [3.05, 3.63) is 31.5 Å². The Labute approximate surface area is 89.6 Å². The summed E-state index contributed by atoms with van der Waals surface area (Å²) in [5.74, 6) is 0.106. The van der Waals surface area contributed by atoms with Gasteiger partial charge in [-0.1, -0.05) is 5.57 Å². The lowest BCUT2D eigenvalue weighted by atomic mass is 10.2. The predicted octanol–water partition coefficient (Wildman–Crippen LogP) is 3.50. The van der Waals surface area contributed by atoms with Crippen molar-refractivity contribution >= 4 is 39.7 Å². The van der Waals surface area contributed by atoms with Gasteiger partial charge in [0.15, 0.2) is 5.78 Å². The van der Waals surface area contributed by atoms with Gasteiger partial charge in [0, 0.05) is 10.9 Å². The highest BCUT2D eigenvalue weighted by molar-refractivity contribution is 14.1. The molecule has 0 saturated heterocycles. The molecule has 1 heterocycles. The van der Waals surface area contributed by atoms with E-state index in [1.807, 2.05) is 25.3 Å². The topological polar surface area (TPSA) is 17.1 Å². The molecule has 64 valence electrons. The zero-order valence-electron chi connectivity index (χ0n) is 6.93. The van der Waals surface area contributed by atoms with Crippen LogP contribution in [0.3, 0.4) is 0 Å². The van der Waals surface area contributed by atoms with E-state index in [1.165, 1.54) is 0 Å². The standard InChI is InChI=1S/C9H9IOS/c1-6(2)3-8(11)7-4-9(10)12-5-7/h3-5H,1-2H3. The van der Waals surface area contributed by atoms with Gasteiger partial charge >= 0.3 is 0 Å². The molecule has 0 aliphatic rings. The van der Waals surface area contributed by atoms with Crippen LogP contribution in [0.2, 0.25) is 0 Å². The van der Waals surface area contributed by atoms with Crippen LogP contribution in [0.25, 0.3) is 0 Å². The number of ketones is 1.